The lowest BCUT2D eigenvalue weighted by Gasteiger charge is -2.19. The smallest absolute Gasteiger partial charge is 0.263 e. The van der Waals surface area contributed by atoms with E-state index in [2.05, 4.69) is 60.6 Å². The van der Waals surface area contributed by atoms with Gasteiger partial charge in [0.15, 0.2) is 0 Å². The highest BCUT2D eigenvalue weighted by molar-refractivity contribution is 7.23. The van der Waals surface area contributed by atoms with E-state index in [0.717, 1.165) is 27.5 Å². The Labute approximate surface area is 195 Å². The summed E-state index contributed by atoms with van der Waals surface area (Å²) in [5, 5.41) is 0. The van der Waals surface area contributed by atoms with Crippen molar-refractivity contribution in [3.63, 3.8) is 0 Å². The molecule has 0 saturated heterocycles. The van der Waals surface area contributed by atoms with Gasteiger partial charge in [-0.05, 0) is 29.4 Å². The fourth-order valence-corrected chi connectivity index (χ4v) is 6.54. The molecule has 170 valence electrons. The van der Waals surface area contributed by atoms with Gasteiger partial charge in [0.2, 0.25) is 0 Å². The molecule has 0 bridgehead atoms. The van der Waals surface area contributed by atoms with Gasteiger partial charge in [-0.25, -0.2) is 0 Å². The Morgan fingerprint density at radius 1 is 0.774 bits per heavy atom. The zero-order chi connectivity index (χ0) is 23.0. The third kappa shape index (κ3) is 4.98. The summed E-state index contributed by atoms with van der Waals surface area (Å²) in [5.74, 6) is -0.186. The predicted octanol–water partition coefficient (Wildman–Crippen LogP) is 8.03. The molecule has 3 rings (SSSR count). The van der Waals surface area contributed by atoms with Crippen LogP contribution in [0.15, 0.2) is 12.1 Å². The SMILES string of the molecule is CCCCCCCCN1C(=O)c2c(-c3ccc(C(C)(C)C)s3)sc(C(C)(C)C)c2C1=O. The third-order valence-corrected chi connectivity index (χ3v) is 9.12. The molecular weight excluding hydrogens is 422 g/mol. The molecular formula is C26H37NO2S2. The van der Waals surface area contributed by atoms with E-state index in [4.69, 9.17) is 0 Å². The molecule has 1 aliphatic rings. The van der Waals surface area contributed by atoms with E-state index < -0.39 is 0 Å². The van der Waals surface area contributed by atoms with Crippen LogP contribution in [0.4, 0.5) is 0 Å². The van der Waals surface area contributed by atoms with E-state index in [0.29, 0.717) is 17.7 Å². The van der Waals surface area contributed by atoms with Gasteiger partial charge in [0.25, 0.3) is 11.8 Å². The molecule has 31 heavy (non-hydrogen) atoms. The molecule has 0 spiro atoms. The van der Waals surface area contributed by atoms with Crippen LogP contribution in [0.25, 0.3) is 9.75 Å². The summed E-state index contributed by atoms with van der Waals surface area (Å²) in [7, 11) is 0. The van der Waals surface area contributed by atoms with Crippen molar-refractivity contribution in [2.24, 2.45) is 0 Å². The average Bonchev–Trinajstić information content (AvgIpc) is 3.35. The first-order chi connectivity index (χ1) is 14.5. The maximum absolute atomic E-state index is 13.4. The lowest BCUT2D eigenvalue weighted by molar-refractivity contribution is 0.0651. The number of hydrogen-bond acceptors (Lipinski definition) is 4. The maximum Gasteiger partial charge on any atom is 0.263 e. The number of fused-ring (bicyclic) bond motifs is 1. The molecule has 3 nitrogen and oxygen atoms in total. The number of amides is 2. The highest BCUT2D eigenvalue weighted by Crippen LogP contribution is 2.48. The van der Waals surface area contributed by atoms with Crippen molar-refractivity contribution in [2.75, 3.05) is 6.54 Å². The lowest BCUT2D eigenvalue weighted by atomic mass is 9.90. The standard InChI is InChI=1S/C26H37NO2S2/c1-8-9-10-11-12-13-16-27-23(28)19-20(24(27)29)22(26(5,6)7)31-21(19)17-14-15-18(30-17)25(2,3)4/h14-15H,8-13,16H2,1-7H3. The van der Waals surface area contributed by atoms with Gasteiger partial charge in [-0.1, -0.05) is 80.6 Å². The van der Waals surface area contributed by atoms with Crippen LogP contribution in [-0.4, -0.2) is 23.3 Å². The molecule has 2 aromatic heterocycles. The van der Waals surface area contributed by atoms with Crippen molar-refractivity contribution < 1.29 is 9.59 Å². The van der Waals surface area contributed by atoms with Crippen molar-refractivity contribution in [3.05, 3.63) is 33.0 Å². The van der Waals surface area contributed by atoms with E-state index in [-0.39, 0.29) is 22.6 Å². The average molecular weight is 460 g/mol. The Morgan fingerprint density at radius 3 is 1.97 bits per heavy atom. The van der Waals surface area contributed by atoms with Crippen LogP contribution in [0.5, 0.6) is 0 Å². The molecule has 0 aliphatic carbocycles. The Morgan fingerprint density at radius 2 is 1.39 bits per heavy atom. The van der Waals surface area contributed by atoms with E-state index in [1.165, 1.54) is 35.5 Å². The van der Waals surface area contributed by atoms with Crippen molar-refractivity contribution in [2.45, 2.75) is 97.8 Å². The van der Waals surface area contributed by atoms with E-state index >= 15 is 0 Å². The highest BCUT2D eigenvalue weighted by Gasteiger charge is 2.44. The van der Waals surface area contributed by atoms with Crippen molar-refractivity contribution >= 4 is 34.5 Å². The monoisotopic (exact) mass is 459 g/mol. The van der Waals surface area contributed by atoms with Crippen LogP contribution in [0.2, 0.25) is 0 Å². The number of rotatable bonds is 8. The second-order valence-electron chi connectivity index (χ2n) is 10.7. The summed E-state index contributed by atoms with van der Waals surface area (Å²) >= 11 is 3.38. The fraction of sp³-hybridized carbons (Fsp3) is 0.615. The normalized spacial score (nSPS) is 14.6. The molecule has 2 amide bonds. The maximum atomic E-state index is 13.4. The lowest BCUT2D eigenvalue weighted by Crippen LogP contribution is -2.31. The van der Waals surface area contributed by atoms with Crippen molar-refractivity contribution in [1.29, 1.82) is 0 Å². The van der Waals surface area contributed by atoms with Crippen molar-refractivity contribution in [1.82, 2.24) is 4.90 Å². The van der Waals surface area contributed by atoms with Crippen molar-refractivity contribution in [3.8, 4) is 9.75 Å². The number of carbonyl (C=O) groups excluding carboxylic acids is 2. The number of unbranched alkanes of at least 4 members (excludes halogenated alkanes) is 5. The molecule has 0 N–H and O–H groups in total. The Kier molecular flexibility index (Phi) is 7.17. The molecule has 0 fully saturated rings. The van der Waals surface area contributed by atoms with Gasteiger partial charge in [-0.3, -0.25) is 14.5 Å². The van der Waals surface area contributed by atoms with Crippen LogP contribution in [0.1, 0.15) is 117 Å². The number of carbonyl (C=O) groups is 2. The summed E-state index contributed by atoms with van der Waals surface area (Å²) in [4.78, 5) is 32.7. The van der Waals surface area contributed by atoms with Crippen LogP contribution < -0.4 is 0 Å². The van der Waals surface area contributed by atoms with Gasteiger partial charge < -0.3 is 0 Å². The third-order valence-electron chi connectivity index (χ3n) is 5.81. The fourth-order valence-electron chi connectivity index (χ4n) is 4.02. The molecule has 0 aromatic carbocycles. The zero-order valence-corrected chi connectivity index (χ0v) is 21.8. The molecule has 0 saturated carbocycles. The first-order valence-electron chi connectivity index (χ1n) is 11.6. The topological polar surface area (TPSA) is 37.4 Å². The molecule has 0 atom stereocenters. The van der Waals surface area contributed by atoms with E-state index in [1.54, 1.807) is 22.7 Å². The van der Waals surface area contributed by atoms with Gasteiger partial charge in [0.1, 0.15) is 0 Å². The molecule has 2 aromatic rings. The minimum atomic E-state index is -0.177. The minimum absolute atomic E-state index is 0.0693. The molecule has 5 heteroatoms. The second-order valence-corrected chi connectivity index (χ2v) is 12.8. The van der Waals surface area contributed by atoms with Crippen LogP contribution in [0.3, 0.4) is 0 Å². The Hall–Kier alpha value is -1.46. The molecule has 0 unspecified atom stereocenters. The first kappa shape index (κ1) is 24.2. The molecule has 0 radical (unpaired) electrons. The van der Waals surface area contributed by atoms with Crippen LogP contribution in [-0.2, 0) is 10.8 Å². The van der Waals surface area contributed by atoms with E-state index in [9.17, 15) is 9.59 Å². The van der Waals surface area contributed by atoms with Gasteiger partial charge in [0.05, 0.1) is 16.0 Å². The quantitative estimate of drug-likeness (QED) is 0.296. The Balaban J connectivity index is 1.92. The van der Waals surface area contributed by atoms with E-state index in [1.807, 2.05) is 0 Å². The first-order valence-corrected chi connectivity index (χ1v) is 13.2. The predicted molar refractivity (Wildman–Crippen MR) is 134 cm³/mol. The number of imide groups is 1. The summed E-state index contributed by atoms with van der Waals surface area (Å²) in [6.07, 6.45) is 6.85. The number of thiophene rings is 2. The largest absolute Gasteiger partial charge is 0.274 e. The van der Waals surface area contributed by atoms with Crippen LogP contribution in [0, 0.1) is 0 Å². The summed E-state index contributed by atoms with van der Waals surface area (Å²) in [5.41, 5.74) is 1.20. The summed E-state index contributed by atoms with van der Waals surface area (Å²) < 4.78 is 0. The summed E-state index contributed by atoms with van der Waals surface area (Å²) in [6, 6.07) is 4.29. The number of nitrogens with zero attached hydrogens (tertiary/aromatic N) is 1. The zero-order valence-electron chi connectivity index (χ0n) is 20.2. The van der Waals surface area contributed by atoms with Gasteiger partial charge in [0, 0.05) is 21.2 Å². The highest BCUT2D eigenvalue weighted by atomic mass is 32.1. The molecule has 1 aliphatic heterocycles. The molecule has 3 heterocycles. The van der Waals surface area contributed by atoms with Gasteiger partial charge in [-0.15, -0.1) is 22.7 Å². The van der Waals surface area contributed by atoms with Gasteiger partial charge >= 0.3 is 0 Å². The van der Waals surface area contributed by atoms with Crippen LogP contribution >= 0.6 is 22.7 Å². The number of hydrogen-bond donors (Lipinski definition) is 0. The second kappa shape index (κ2) is 9.19. The van der Waals surface area contributed by atoms with Gasteiger partial charge in [-0.2, -0.15) is 0 Å². The Bertz CT molecular complexity index is 953. The minimum Gasteiger partial charge on any atom is -0.274 e. The summed E-state index contributed by atoms with van der Waals surface area (Å²) in [6.45, 7) is 15.8.